The van der Waals surface area contributed by atoms with Crippen LogP contribution < -0.4 is 11.1 Å². The molecule has 1 aromatic heterocycles. The number of nitrogens with one attached hydrogen (secondary N) is 1. The summed E-state index contributed by atoms with van der Waals surface area (Å²) in [4.78, 5) is 0. The van der Waals surface area contributed by atoms with E-state index in [2.05, 4.69) is 5.32 Å². The Morgan fingerprint density at radius 3 is 2.88 bits per heavy atom. The molecule has 0 fully saturated rings. The number of hydrogen-bond acceptors (Lipinski definition) is 4. The first kappa shape index (κ1) is 10.1. The van der Waals surface area contributed by atoms with E-state index < -0.39 is 0 Å². The maximum atomic E-state index is 8.82. The fraction of sp³-hybridized carbons (Fsp3) is 0.0833. The first-order valence-electron chi connectivity index (χ1n) is 4.86. The van der Waals surface area contributed by atoms with Crippen molar-refractivity contribution in [3.8, 4) is 6.07 Å². The van der Waals surface area contributed by atoms with E-state index in [4.69, 9.17) is 15.4 Å². The summed E-state index contributed by atoms with van der Waals surface area (Å²) in [6, 6.07) is 11.0. The van der Waals surface area contributed by atoms with Gasteiger partial charge in [-0.25, -0.2) is 0 Å². The third-order valence-electron chi connectivity index (χ3n) is 2.26. The summed E-state index contributed by atoms with van der Waals surface area (Å²) in [5, 5.41) is 11.9. The summed E-state index contributed by atoms with van der Waals surface area (Å²) in [5.74, 6) is 0.821. The summed E-state index contributed by atoms with van der Waals surface area (Å²) >= 11 is 0. The summed E-state index contributed by atoms with van der Waals surface area (Å²) in [7, 11) is 0. The lowest BCUT2D eigenvalue weighted by Gasteiger charge is -2.08. The quantitative estimate of drug-likeness (QED) is 0.767. The van der Waals surface area contributed by atoms with Gasteiger partial charge >= 0.3 is 0 Å². The van der Waals surface area contributed by atoms with E-state index in [1.807, 2.05) is 24.3 Å². The van der Waals surface area contributed by atoms with Crippen molar-refractivity contribution >= 4 is 11.4 Å². The lowest BCUT2D eigenvalue weighted by Crippen LogP contribution is -2.02. The lowest BCUT2D eigenvalue weighted by atomic mass is 10.1. The van der Waals surface area contributed by atoms with Gasteiger partial charge in [-0.2, -0.15) is 5.26 Å². The van der Waals surface area contributed by atoms with Crippen LogP contribution in [0.15, 0.2) is 41.0 Å². The van der Waals surface area contributed by atoms with Crippen LogP contribution >= 0.6 is 0 Å². The van der Waals surface area contributed by atoms with Crippen LogP contribution in [0.5, 0.6) is 0 Å². The molecule has 0 aliphatic carbocycles. The van der Waals surface area contributed by atoms with E-state index in [1.54, 1.807) is 18.4 Å². The molecule has 0 radical (unpaired) electrons. The maximum absolute atomic E-state index is 8.82. The molecule has 0 amide bonds. The molecule has 1 heterocycles. The standard InChI is InChI=1S/C12H11N3O/c13-7-9-3-1-5-11(12(9)14)15-8-10-4-2-6-16-10/h1-6,15H,8,14H2. The first-order valence-corrected chi connectivity index (χ1v) is 4.86. The Kier molecular flexibility index (Phi) is 2.79. The van der Waals surface area contributed by atoms with E-state index >= 15 is 0 Å². The van der Waals surface area contributed by atoms with E-state index in [1.165, 1.54) is 0 Å². The van der Waals surface area contributed by atoms with Gasteiger partial charge in [0.1, 0.15) is 11.8 Å². The van der Waals surface area contributed by atoms with Crippen LogP contribution in [0.2, 0.25) is 0 Å². The highest BCUT2D eigenvalue weighted by Crippen LogP contribution is 2.22. The van der Waals surface area contributed by atoms with Crippen LogP contribution in [0.25, 0.3) is 0 Å². The summed E-state index contributed by atoms with van der Waals surface area (Å²) in [6.07, 6.45) is 1.62. The molecule has 16 heavy (non-hydrogen) atoms. The molecule has 1 aromatic carbocycles. The molecular weight excluding hydrogens is 202 g/mol. The molecule has 0 aliphatic rings. The average molecular weight is 213 g/mol. The highest BCUT2D eigenvalue weighted by atomic mass is 16.3. The maximum Gasteiger partial charge on any atom is 0.122 e. The number of rotatable bonds is 3. The van der Waals surface area contributed by atoms with Crippen molar-refractivity contribution < 1.29 is 4.42 Å². The molecule has 0 spiro atoms. The number of nitrogens with two attached hydrogens (primary N) is 1. The van der Waals surface area contributed by atoms with Gasteiger partial charge < -0.3 is 15.5 Å². The molecule has 4 heteroatoms. The number of anilines is 2. The number of nitrogen functional groups attached to an aromatic ring is 1. The van der Waals surface area contributed by atoms with E-state index in [9.17, 15) is 0 Å². The molecule has 2 aromatic rings. The van der Waals surface area contributed by atoms with Gasteiger partial charge in [-0.15, -0.1) is 0 Å². The summed E-state index contributed by atoms with van der Waals surface area (Å²) < 4.78 is 5.18. The Labute approximate surface area is 93.3 Å². The van der Waals surface area contributed by atoms with Crippen LogP contribution in [0.1, 0.15) is 11.3 Å². The molecule has 0 bridgehead atoms. The zero-order valence-corrected chi connectivity index (χ0v) is 8.60. The second kappa shape index (κ2) is 4.41. The van der Waals surface area contributed by atoms with Crippen molar-refractivity contribution in [2.45, 2.75) is 6.54 Å². The fourth-order valence-corrected chi connectivity index (χ4v) is 1.41. The molecule has 4 nitrogen and oxygen atoms in total. The SMILES string of the molecule is N#Cc1cccc(NCc2ccco2)c1N. The molecule has 0 atom stereocenters. The molecule has 2 rings (SSSR count). The zero-order valence-electron chi connectivity index (χ0n) is 8.60. The topological polar surface area (TPSA) is 75.0 Å². The highest BCUT2D eigenvalue weighted by Gasteiger charge is 2.04. The second-order valence-electron chi connectivity index (χ2n) is 3.31. The monoisotopic (exact) mass is 213 g/mol. The Bertz CT molecular complexity index is 512. The molecule has 0 unspecified atom stereocenters. The third-order valence-corrected chi connectivity index (χ3v) is 2.26. The fourth-order valence-electron chi connectivity index (χ4n) is 1.41. The van der Waals surface area contributed by atoms with Gasteiger partial charge in [-0.1, -0.05) is 6.07 Å². The van der Waals surface area contributed by atoms with Crippen molar-refractivity contribution in [1.82, 2.24) is 0 Å². The van der Waals surface area contributed by atoms with Crippen molar-refractivity contribution in [2.24, 2.45) is 0 Å². The summed E-state index contributed by atoms with van der Waals surface area (Å²) in [6.45, 7) is 0.548. The van der Waals surface area contributed by atoms with Gasteiger partial charge in [-0.05, 0) is 24.3 Å². The van der Waals surface area contributed by atoms with Crippen LogP contribution in [-0.2, 0) is 6.54 Å². The van der Waals surface area contributed by atoms with Crippen molar-refractivity contribution in [3.63, 3.8) is 0 Å². The van der Waals surface area contributed by atoms with E-state index in [-0.39, 0.29) is 0 Å². The van der Waals surface area contributed by atoms with Gasteiger partial charge in [0.2, 0.25) is 0 Å². The summed E-state index contributed by atoms with van der Waals surface area (Å²) in [5.41, 5.74) is 7.51. The van der Waals surface area contributed by atoms with Gasteiger partial charge in [0.25, 0.3) is 0 Å². The number of furan rings is 1. The largest absolute Gasteiger partial charge is 0.467 e. The minimum absolute atomic E-state index is 0.469. The zero-order chi connectivity index (χ0) is 11.4. The van der Waals surface area contributed by atoms with Crippen molar-refractivity contribution in [2.75, 3.05) is 11.1 Å². The van der Waals surface area contributed by atoms with Gasteiger partial charge in [0.05, 0.1) is 29.7 Å². The first-order chi connectivity index (χ1) is 7.81. The van der Waals surface area contributed by atoms with Gasteiger partial charge in [0, 0.05) is 0 Å². The van der Waals surface area contributed by atoms with Gasteiger partial charge in [-0.3, -0.25) is 0 Å². The average Bonchev–Trinajstić information content (AvgIpc) is 2.81. The number of hydrogen-bond donors (Lipinski definition) is 2. The normalized spacial score (nSPS) is 9.69. The Morgan fingerprint density at radius 2 is 2.19 bits per heavy atom. The Morgan fingerprint density at radius 1 is 1.31 bits per heavy atom. The molecule has 0 saturated carbocycles. The minimum Gasteiger partial charge on any atom is -0.467 e. The number of para-hydroxylation sites is 1. The van der Waals surface area contributed by atoms with Crippen molar-refractivity contribution in [1.29, 1.82) is 5.26 Å². The Hall–Kier alpha value is -2.41. The molecule has 0 aliphatic heterocycles. The van der Waals surface area contributed by atoms with E-state index in [0.29, 0.717) is 17.8 Å². The third kappa shape index (κ3) is 1.98. The van der Waals surface area contributed by atoms with Crippen molar-refractivity contribution in [3.05, 3.63) is 47.9 Å². The smallest absolute Gasteiger partial charge is 0.122 e. The van der Waals surface area contributed by atoms with Crippen LogP contribution in [0.3, 0.4) is 0 Å². The number of benzene rings is 1. The molecule has 3 N–H and O–H groups in total. The number of nitriles is 1. The molecule has 80 valence electrons. The second-order valence-corrected chi connectivity index (χ2v) is 3.31. The van der Waals surface area contributed by atoms with E-state index in [0.717, 1.165) is 11.4 Å². The van der Waals surface area contributed by atoms with Crippen LogP contribution in [0.4, 0.5) is 11.4 Å². The predicted octanol–water partition coefficient (Wildman–Crippen LogP) is 2.35. The highest BCUT2D eigenvalue weighted by molar-refractivity contribution is 5.72. The number of nitrogens with zero attached hydrogens (tertiary/aromatic N) is 1. The minimum atomic E-state index is 0.469. The van der Waals surface area contributed by atoms with Crippen LogP contribution in [0, 0.1) is 11.3 Å². The van der Waals surface area contributed by atoms with Crippen LogP contribution in [-0.4, -0.2) is 0 Å². The Balaban J connectivity index is 2.13. The molecular formula is C12H11N3O. The molecule has 0 saturated heterocycles. The lowest BCUT2D eigenvalue weighted by molar-refractivity contribution is 0.518. The predicted molar refractivity (Wildman–Crippen MR) is 61.6 cm³/mol. The van der Waals surface area contributed by atoms with Gasteiger partial charge in [0.15, 0.2) is 0 Å².